The number of aryl methyl sites for hydroxylation is 2. The third-order valence-electron chi connectivity index (χ3n) is 6.01. The molecule has 0 radical (unpaired) electrons. The lowest BCUT2D eigenvalue weighted by atomic mass is 10.0. The summed E-state index contributed by atoms with van der Waals surface area (Å²) in [6.45, 7) is 7.03. The van der Waals surface area contributed by atoms with Crippen LogP contribution in [-0.2, 0) is 13.0 Å². The highest BCUT2D eigenvalue weighted by Gasteiger charge is 2.24. The van der Waals surface area contributed by atoms with Crippen LogP contribution in [0.25, 0.3) is 22.2 Å². The molecule has 5 heteroatoms. The minimum atomic E-state index is 0.623. The summed E-state index contributed by atoms with van der Waals surface area (Å²) in [6.07, 6.45) is 2.20. The lowest BCUT2D eigenvalue weighted by Crippen LogP contribution is -2.21. The van der Waals surface area contributed by atoms with Crippen molar-refractivity contribution < 1.29 is 4.52 Å². The first-order valence-corrected chi connectivity index (χ1v) is 10.6. The van der Waals surface area contributed by atoms with Crippen LogP contribution in [-0.4, -0.2) is 33.1 Å². The summed E-state index contributed by atoms with van der Waals surface area (Å²) >= 11 is 0. The normalized spacial score (nSPS) is 17.1. The van der Waals surface area contributed by atoms with Gasteiger partial charge in [0.2, 0.25) is 0 Å². The van der Waals surface area contributed by atoms with E-state index < -0.39 is 0 Å². The fourth-order valence-electron chi connectivity index (χ4n) is 4.53. The third kappa shape index (κ3) is 3.85. The van der Waals surface area contributed by atoms with Gasteiger partial charge in [-0.25, -0.2) is 0 Å². The maximum Gasteiger partial charge on any atom is 0.143 e. The molecule has 0 spiro atoms. The molecule has 0 bridgehead atoms. The van der Waals surface area contributed by atoms with E-state index in [0.29, 0.717) is 5.92 Å². The molecule has 1 fully saturated rings. The number of hydrogen-bond donors (Lipinski definition) is 0. The number of nitrogens with zero attached hydrogens (tertiary/aromatic N) is 4. The van der Waals surface area contributed by atoms with E-state index in [1.807, 2.05) is 19.9 Å². The van der Waals surface area contributed by atoms with Gasteiger partial charge in [0.15, 0.2) is 0 Å². The van der Waals surface area contributed by atoms with Crippen LogP contribution in [0.15, 0.2) is 59.1 Å². The van der Waals surface area contributed by atoms with Crippen molar-refractivity contribution >= 4 is 10.9 Å². The molecule has 0 amide bonds. The highest BCUT2D eigenvalue weighted by atomic mass is 16.5. The van der Waals surface area contributed by atoms with Gasteiger partial charge >= 0.3 is 0 Å². The Morgan fingerprint density at radius 2 is 1.87 bits per heavy atom. The molecule has 3 aromatic heterocycles. The van der Waals surface area contributed by atoms with Gasteiger partial charge in [0, 0.05) is 24.2 Å². The largest absolute Gasteiger partial charge is 0.361 e. The topological polar surface area (TPSA) is 55.1 Å². The Balaban J connectivity index is 1.25. The van der Waals surface area contributed by atoms with E-state index in [1.54, 1.807) is 0 Å². The summed E-state index contributed by atoms with van der Waals surface area (Å²) < 4.78 is 5.32. The Hall–Kier alpha value is -3.05. The SMILES string of the molecule is Cc1noc(C)c1-c1cccc(CC2CCN(Cc3ccc4ccccc4n3)C2)n1. The first kappa shape index (κ1) is 18.9. The van der Waals surface area contributed by atoms with Crippen LogP contribution < -0.4 is 0 Å². The summed E-state index contributed by atoms with van der Waals surface area (Å²) in [5, 5.41) is 5.27. The van der Waals surface area contributed by atoms with Gasteiger partial charge in [-0.05, 0) is 63.4 Å². The van der Waals surface area contributed by atoms with Gasteiger partial charge in [-0.15, -0.1) is 0 Å². The molecule has 152 valence electrons. The molecule has 5 nitrogen and oxygen atoms in total. The van der Waals surface area contributed by atoms with Crippen LogP contribution >= 0.6 is 0 Å². The van der Waals surface area contributed by atoms with Crippen LogP contribution in [0, 0.1) is 19.8 Å². The van der Waals surface area contributed by atoms with E-state index in [1.165, 1.54) is 11.8 Å². The zero-order valence-corrected chi connectivity index (χ0v) is 17.5. The molecule has 1 unspecified atom stereocenters. The van der Waals surface area contributed by atoms with E-state index in [2.05, 4.69) is 58.6 Å². The molecule has 5 rings (SSSR count). The molecule has 1 aliphatic heterocycles. The molecule has 1 saturated heterocycles. The van der Waals surface area contributed by atoms with Gasteiger partial charge in [-0.1, -0.05) is 35.5 Å². The third-order valence-corrected chi connectivity index (χ3v) is 6.01. The van der Waals surface area contributed by atoms with Crippen molar-refractivity contribution in [3.63, 3.8) is 0 Å². The highest BCUT2D eigenvalue weighted by molar-refractivity contribution is 5.78. The van der Waals surface area contributed by atoms with Crippen molar-refractivity contribution in [3.05, 3.63) is 77.4 Å². The average molecular weight is 399 g/mol. The number of aromatic nitrogens is 3. The van der Waals surface area contributed by atoms with Crippen LogP contribution in [0.2, 0.25) is 0 Å². The Morgan fingerprint density at radius 3 is 2.73 bits per heavy atom. The first-order chi connectivity index (χ1) is 14.7. The van der Waals surface area contributed by atoms with Crippen molar-refractivity contribution in [2.45, 2.75) is 33.2 Å². The second kappa shape index (κ2) is 8.00. The summed E-state index contributed by atoms with van der Waals surface area (Å²) in [5.74, 6) is 1.45. The van der Waals surface area contributed by atoms with E-state index in [4.69, 9.17) is 14.5 Å². The number of para-hydroxylation sites is 1. The zero-order chi connectivity index (χ0) is 20.5. The second-order valence-corrected chi connectivity index (χ2v) is 8.30. The van der Waals surface area contributed by atoms with Crippen LogP contribution in [0.5, 0.6) is 0 Å². The smallest absolute Gasteiger partial charge is 0.143 e. The molecule has 30 heavy (non-hydrogen) atoms. The fraction of sp³-hybridized carbons (Fsp3) is 0.320. The lowest BCUT2D eigenvalue weighted by molar-refractivity contribution is 0.312. The van der Waals surface area contributed by atoms with Crippen LogP contribution in [0.3, 0.4) is 0 Å². The van der Waals surface area contributed by atoms with Gasteiger partial charge in [0.05, 0.1) is 28.2 Å². The first-order valence-electron chi connectivity index (χ1n) is 10.6. The molecule has 0 saturated carbocycles. The van der Waals surface area contributed by atoms with Crippen molar-refractivity contribution in [2.75, 3.05) is 13.1 Å². The van der Waals surface area contributed by atoms with Crippen molar-refractivity contribution in [1.82, 2.24) is 20.0 Å². The van der Waals surface area contributed by atoms with Crippen LogP contribution in [0.1, 0.15) is 29.3 Å². The van der Waals surface area contributed by atoms with E-state index in [9.17, 15) is 0 Å². The van der Waals surface area contributed by atoms with Gasteiger partial charge in [0.25, 0.3) is 0 Å². The summed E-state index contributed by atoms with van der Waals surface area (Å²) in [6, 6.07) is 18.9. The summed E-state index contributed by atoms with van der Waals surface area (Å²) in [4.78, 5) is 12.3. The number of fused-ring (bicyclic) bond motifs is 1. The van der Waals surface area contributed by atoms with E-state index >= 15 is 0 Å². The fourth-order valence-corrected chi connectivity index (χ4v) is 4.53. The van der Waals surface area contributed by atoms with E-state index in [-0.39, 0.29) is 0 Å². The van der Waals surface area contributed by atoms with Gasteiger partial charge in [0.1, 0.15) is 5.76 Å². The van der Waals surface area contributed by atoms with Crippen molar-refractivity contribution in [1.29, 1.82) is 0 Å². The molecular formula is C25H26N4O. The van der Waals surface area contributed by atoms with E-state index in [0.717, 1.165) is 65.7 Å². The Morgan fingerprint density at radius 1 is 0.967 bits per heavy atom. The number of rotatable bonds is 5. The maximum absolute atomic E-state index is 5.32. The minimum Gasteiger partial charge on any atom is -0.361 e. The van der Waals surface area contributed by atoms with Crippen molar-refractivity contribution in [2.24, 2.45) is 5.92 Å². The molecule has 0 N–H and O–H groups in total. The molecule has 4 aromatic rings. The second-order valence-electron chi connectivity index (χ2n) is 8.30. The number of hydrogen-bond acceptors (Lipinski definition) is 5. The quantitative estimate of drug-likeness (QED) is 0.475. The Kier molecular flexibility index (Phi) is 5.05. The maximum atomic E-state index is 5.32. The zero-order valence-electron chi connectivity index (χ0n) is 17.5. The molecule has 1 atom stereocenters. The number of likely N-dealkylation sites (tertiary alicyclic amines) is 1. The monoisotopic (exact) mass is 398 g/mol. The van der Waals surface area contributed by atoms with Gasteiger partial charge in [-0.3, -0.25) is 14.9 Å². The number of pyridine rings is 2. The molecule has 1 aliphatic rings. The number of benzene rings is 1. The summed E-state index contributed by atoms with van der Waals surface area (Å²) in [5.41, 5.74) is 6.24. The predicted octanol–water partition coefficient (Wildman–Crippen LogP) is 4.97. The van der Waals surface area contributed by atoms with Gasteiger partial charge < -0.3 is 4.52 Å². The minimum absolute atomic E-state index is 0.623. The molecular weight excluding hydrogens is 372 g/mol. The standard InChI is InChI=1S/C25H26N4O/c1-17-25(18(2)30-28-17)24-9-5-7-21(26-24)14-19-12-13-29(15-19)16-22-11-10-20-6-3-4-8-23(20)27-22/h3-11,19H,12-16H2,1-2H3. The van der Waals surface area contributed by atoms with Crippen LogP contribution in [0.4, 0.5) is 0 Å². The van der Waals surface area contributed by atoms with Crippen molar-refractivity contribution in [3.8, 4) is 11.3 Å². The lowest BCUT2D eigenvalue weighted by Gasteiger charge is -2.16. The Bertz CT molecular complexity index is 1160. The average Bonchev–Trinajstić information content (AvgIpc) is 3.33. The molecule has 0 aliphatic carbocycles. The van der Waals surface area contributed by atoms with Gasteiger partial charge in [-0.2, -0.15) is 0 Å². The highest BCUT2D eigenvalue weighted by Crippen LogP contribution is 2.27. The summed E-state index contributed by atoms with van der Waals surface area (Å²) in [7, 11) is 0. The predicted molar refractivity (Wildman–Crippen MR) is 118 cm³/mol. The molecule has 1 aromatic carbocycles. The Labute approximate surface area is 176 Å². The molecule has 4 heterocycles.